The fourth-order valence-corrected chi connectivity index (χ4v) is 0.856. The minimum Gasteiger partial charge on any atom is -0.325 e. The van der Waals surface area contributed by atoms with Crippen LogP contribution in [0.25, 0.3) is 0 Å². The highest BCUT2D eigenvalue weighted by Gasteiger charge is 2.47. The van der Waals surface area contributed by atoms with Crippen molar-refractivity contribution in [2.24, 2.45) is 5.73 Å². The van der Waals surface area contributed by atoms with Crippen LogP contribution in [0.15, 0.2) is 0 Å². The summed E-state index contributed by atoms with van der Waals surface area (Å²) < 4.78 is 12.8. The van der Waals surface area contributed by atoms with Gasteiger partial charge in [0.1, 0.15) is 5.67 Å². The average molecular weight is 117 g/mol. The Kier molecular flexibility index (Phi) is 1.27. The van der Waals surface area contributed by atoms with Gasteiger partial charge in [-0.3, -0.25) is 0 Å². The van der Waals surface area contributed by atoms with Crippen molar-refractivity contribution in [1.82, 2.24) is 0 Å². The number of nitrogens with two attached hydrogens (primary N) is 1. The lowest BCUT2D eigenvalue weighted by molar-refractivity contribution is 0.252. The van der Waals surface area contributed by atoms with Crippen molar-refractivity contribution >= 4 is 0 Å². The second-order valence-corrected chi connectivity index (χ2v) is 2.55. The Morgan fingerprint density at radius 3 is 2.38 bits per heavy atom. The molecule has 48 valence electrons. The quantitative estimate of drug-likeness (QED) is 0.578. The molecule has 0 heterocycles. The lowest BCUT2D eigenvalue weighted by Crippen LogP contribution is -2.32. The van der Waals surface area contributed by atoms with Crippen LogP contribution in [-0.4, -0.2) is 11.7 Å². The highest BCUT2D eigenvalue weighted by atomic mass is 19.1. The van der Waals surface area contributed by atoms with Crippen LogP contribution in [-0.2, 0) is 0 Å². The minimum absolute atomic E-state index is 0.206. The van der Waals surface area contributed by atoms with Crippen molar-refractivity contribution in [3.05, 3.63) is 0 Å². The van der Waals surface area contributed by atoms with Crippen molar-refractivity contribution < 1.29 is 4.39 Å². The molecular weight excluding hydrogens is 105 g/mol. The van der Waals surface area contributed by atoms with Crippen LogP contribution >= 0.6 is 0 Å². The molecule has 0 aromatic carbocycles. The lowest BCUT2D eigenvalue weighted by Gasteiger charge is -2.11. The van der Waals surface area contributed by atoms with Gasteiger partial charge < -0.3 is 5.73 Å². The molecule has 2 heteroatoms. The normalized spacial score (nSPS) is 27.4. The number of alkyl halides is 1. The van der Waals surface area contributed by atoms with E-state index < -0.39 is 5.67 Å². The van der Waals surface area contributed by atoms with Crippen LogP contribution < -0.4 is 5.73 Å². The SMILES string of the molecule is CCC(N)C1(F)CC1. The van der Waals surface area contributed by atoms with Gasteiger partial charge in [0.15, 0.2) is 0 Å². The van der Waals surface area contributed by atoms with Gasteiger partial charge in [-0.2, -0.15) is 0 Å². The van der Waals surface area contributed by atoms with Crippen molar-refractivity contribution in [3.8, 4) is 0 Å². The van der Waals surface area contributed by atoms with Gasteiger partial charge >= 0.3 is 0 Å². The third-order valence-electron chi connectivity index (χ3n) is 1.83. The molecule has 2 N–H and O–H groups in total. The average Bonchev–Trinajstić information content (AvgIpc) is 2.47. The van der Waals surface area contributed by atoms with E-state index in [0.717, 1.165) is 6.42 Å². The first-order valence-electron chi connectivity index (χ1n) is 3.13. The van der Waals surface area contributed by atoms with Crippen LogP contribution in [0.2, 0.25) is 0 Å². The third kappa shape index (κ3) is 0.848. The van der Waals surface area contributed by atoms with E-state index in [1.54, 1.807) is 0 Å². The molecule has 1 saturated carbocycles. The van der Waals surface area contributed by atoms with Crippen LogP contribution in [0.1, 0.15) is 26.2 Å². The Morgan fingerprint density at radius 1 is 1.75 bits per heavy atom. The van der Waals surface area contributed by atoms with Crippen molar-refractivity contribution in [2.45, 2.75) is 37.9 Å². The molecule has 8 heavy (non-hydrogen) atoms. The fraction of sp³-hybridized carbons (Fsp3) is 1.00. The first kappa shape index (κ1) is 6.02. The summed E-state index contributed by atoms with van der Waals surface area (Å²) in [5.74, 6) is 0. The number of hydrogen-bond acceptors (Lipinski definition) is 1. The van der Waals surface area contributed by atoms with Gasteiger partial charge in [0.05, 0.1) is 0 Å². The second-order valence-electron chi connectivity index (χ2n) is 2.55. The summed E-state index contributed by atoms with van der Waals surface area (Å²) in [6, 6.07) is -0.206. The fourth-order valence-electron chi connectivity index (χ4n) is 0.856. The van der Waals surface area contributed by atoms with Gasteiger partial charge in [-0.15, -0.1) is 0 Å². The predicted octanol–water partition coefficient (Wildman–Crippen LogP) is 1.23. The minimum atomic E-state index is -0.964. The summed E-state index contributed by atoms with van der Waals surface area (Å²) in [6.45, 7) is 1.92. The summed E-state index contributed by atoms with van der Waals surface area (Å²) in [5.41, 5.74) is 4.47. The summed E-state index contributed by atoms with van der Waals surface area (Å²) in [4.78, 5) is 0. The molecule has 0 aromatic heterocycles. The first-order valence-corrected chi connectivity index (χ1v) is 3.13. The van der Waals surface area contributed by atoms with E-state index in [2.05, 4.69) is 0 Å². The Morgan fingerprint density at radius 2 is 2.25 bits per heavy atom. The van der Waals surface area contributed by atoms with Crippen molar-refractivity contribution in [1.29, 1.82) is 0 Å². The van der Waals surface area contributed by atoms with Crippen LogP contribution in [0.4, 0.5) is 4.39 Å². The molecule has 0 radical (unpaired) electrons. The zero-order valence-corrected chi connectivity index (χ0v) is 5.15. The number of halogens is 1. The molecule has 1 aliphatic rings. The number of rotatable bonds is 2. The molecular formula is C6H12FN. The molecule has 1 atom stereocenters. The first-order chi connectivity index (χ1) is 3.69. The van der Waals surface area contributed by atoms with Gasteiger partial charge in [-0.1, -0.05) is 6.92 Å². The maximum atomic E-state index is 12.8. The van der Waals surface area contributed by atoms with Gasteiger partial charge in [0.2, 0.25) is 0 Å². The smallest absolute Gasteiger partial charge is 0.126 e. The standard InChI is InChI=1S/C6H12FN/c1-2-5(8)6(7)3-4-6/h5H,2-4,8H2,1H3. The van der Waals surface area contributed by atoms with E-state index in [-0.39, 0.29) is 6.04 Å². The Bertz CT molecular complexity index is 88.5. The Labute approximate surface area is 49.1 Å². The van der Waals surface area contributed by atoms with Crippen LogP contribution in [0.3, 0.4) is 0 Å². The topological polar surface area (TPSA) is 26.0 Å². The highest BCUT2D eigenvalue weighted by Crippen LogP contribution is 2.42. The maximum absolute atomic E-state index is 12.8. The highest BCUT2D eigenvalue weighted by molar-refractivity contribution is 5.01. The van der Waals surface area contributed by atoms with Gasteiger partial charge in [0, 0.05) is 6.04 Å². The van der Waals surface area contributed by atoms with Crippen molar-refractivity contribution in [3.63, 3.8) is 0 Å². The van der Waals surface area contributed by atoms with E-state index >= 15 is 0 Å². The lowest BCUT2D eigenvalue weighted by atomic mass is 10.1. The summed E-state index contributed by atoms with van der Waals surface area (Å²) >= 11 is 0. The summed E-state index contributed by atoms with van der Waals surface area (Å²) in [7, 11) is 0. The molecule has 1 rings (SSSR count). The second kappa shape index (κ2) is 1.69. The number of hydrogen-bond donors (Lipinski definition) is 1. The molecule has 0 aromatic rings. The molecule has 1 fully saturated rings. The van der Waals surface area contributed by atoms with Gasteiger partial charge in [-0.25, -0.2) is 4.39 Å². The largest absolute Gasteiger partial charge is 0.325 e. The molecule has 0 aliphatic heterocycles. The molecule has 1 aliphatic carbocycles. The maximum Gasteiger partial charge on any atom is 0.126 e. The van der Waals surface area contributed by atoms with E-state index in [4.69, 9.17) is 5.73 Å². The third-order valence-corrected chi connectivity index (χ3v) is 1.83. The summed E-state index contributed by atoms with van der Waals surface area (Å²) in [5, 5.41) is 0. The molecule has 0 bridgehead atoms. The van der Waals surface area contributed by atoms with E-state index in [1.807, 2.05) is 6.92 Å². The Hall–Kier alpha value is -0.110. The zero-order chi connectivity index (χ0) is 6.20. The molecule has 1 unspecified atom stereocenters. The monoisotopic (exact) mass is 117 g/mol. The van der Waals surface area contributed by atoms with E-state index in [0.29, 0.717) is 12.8 Å². The van der Waals surface area contributed by atoms with E-state index in [1.165, 1.54) is 0 Å². The van der Waals surface area contributed by atoms with Crippen LogP contribution in [0, 0.1) is 0 Å². The van der Waals surface area contributed by atoms with Crippen molar-refractivity contribution in [2.75, 3.05) is 0 Å². The van der Waals surface area contributed by atoms with Crippen LogP contribution in [0.5, 0.6) is 0 Å². The van der Waals surface area contributed by atoms with E-state index in [9.17, 15) is 4.39 Å². The summed E-state index contributed by atoms with van der Waals surface area (Å²) in [6.07, 6.45) is 2.13. The molecule has 0 amide bonds. The molecule has 0 saturated heterocycles. The van der Waals surface area contributed by atoms with Gasteiger partial charge in [-0.05, 0) is 19.3 Å². The zero-order valence-electron chi connectivity index (χ0n) is 5.15. The molecule has 1 nitrogen and oxygen atoms in total. The Balaban J connectivity index is 2.34. The predicted molar refractivity (Wildman–Crippen MR) is 31.3 cm³/mol. The van der Waals surface area contributed by atoms with Gasteiger partial charge in [0.25, 0.3) is 0 Å². The molecule has 0 spiro atoms.